The zero-order valence-corrected chi connectivity index (χ0v) is 24.1. The van der Waals surface area contributed by atoms with Crippen LogP contribution < -0.4 is 16.1 Å². The van der Waals surface area contributed by atoms with Gasteiger partial charge in [0, 0.05) is 18.6 Å². The number of unbranched alkanes of at least 4 members (excludes halogenated alkanes) is 5. The normalized spacial score (nSPS) is 13.9. The summed E-state index contributed by atoms with van der Waals surface area (Å²) in [6, 6.07) is 19.6. The third kappa shape index (κ3) is 7.94. The van der Waals surface area contributed by atoms with E-state index in [-0.39, 0.29) is 22.1 Å². The molecule has 0 aliphatic heterocycles. The smallest absolute Gasteiger partial charge is 0.339 e. The molecule has 3 rings (SSSR count). The number of fused-ring (bicyclic) bond motifs is 1. The second-order valence-electron chi connectivity index (χ2n) is 12.1. The number of hydrogen-bond acceptors (Lipinski definition) is 5. The number of nitrogens with two attached hydrogens (primary N) is 1. The van der Waals surface area contributed by atoms with Crippen molar-refractivity contribution >= 4 is 11.0 Å². The third-order valence-electron chi connectivity index (χ3n) is 7.53. The van der Waals surface area contributed by atoms with Crippen molar-refractivity contribution in [3.63, 3.8) is 0 Å². The molecule has 1 unspecified atom stereocenters. The minimum atomic E-state index is -0.382. The summed E-state index contributed by atoms with van der Waals surface area (Å²) in [4.78, 5) is 11.8. The summed E-state index contributed by atoms with van der Waals surface area (Å²) in [6.45, 7) is 13.1. The summed E-state index contributed by atoms with van der Waals surface area (Å²) in [7, 11) is 0. The van der Waals surface area contributed by atoms with Gasteiger partial charge < -0.3 is 19.6 Å². The molecule has 2 aromatic carbocycles. The van der Waals surface area contributed by atoms with Crippen LogP contribution >= 0.6 is 0 Å². The zero-order valence-electron chi connectivity index (χ0n) is 24.1. The lowest BCUT2D eigenvalue weighted by atomic mass is 9.61. The molecule has 1 atom stereocenters. The Morgan fingerprint density at radius 3 is 2.05 bits per heavy atom. The van der Waals surface area contributed by atoms with Gasteiger partial charge in [0.05, 0.1) is 23.7 Å². The highest BCUT2D eigenvalue weighted by molar-refractivity contribution is 5.82. The van der Waals surface area contributed by atoms with Crippen molar-refractivity contribution in [3.8, 4) is 5.75 Å². The standard InChI is InChI=1S/C33H47NO4/c1-31(2,3)24-33(25-34,26-17-11-10-12-18-26)32(4,5)37-22-16-9-7-6-8-15-21-36-29-23-30(35)38-28-20-14-13-19-27(28)29/h10-14,17-20,23H,6-9,15-16,21-22,24-25,34H2,1-5H3. The second-order valence-corrected chi connectivity index (χ2v) is 12.1. The third-order valence-corrected chi connectivity index (χ3v) is 7.53. The molecule has 38 heavy (non-hydrogen) atoms. The van der Waals surface area contributed by atoms with Crippen molar-refractivity contribution in [1.82, 2.24) is 0 Å². The van der Waals surface area contributed by atoms with Crippen molar-refractivity contribution in [2.24, 2.45) is 11.1 Å². The van der Waals surface area contributed by atoms with E-state index in [1.54, 1.807) is 6.07 Å². The van der Waals surface area contributed by atoms with Crippen LogP contribution in [0, 0.1) is 5.41 Å². The highest BCUT2D eigenvalue weighted by Gasteiger charge is 2.48. The summed E-state index contributed by atoms with van der Waals surface area (Å²) in [5.41, 5.74) is 7.43. The Kier molecular flexibility index (Phi) is 10.6. The molecule has 0 saturated heterocycles. The Balaban J connectivity index is 1.40. The Bertz CT molecular complexity index is 1180. The summed E-state index contributed by atoms with van der Waals surface area (Å²) < 4.78 is 17.7. The molecule has 2 N–H and O–H groups in total. The van der Waals surface area contributed by atoms with Gasteiger partial charge in [-0.3, -0.25) is 0 Å². The van der Waals surface area contributed by atoms with Crippen LogP contribution in [-0.4, -0.2) is 25.4 Å². The van der Waals surface area contributed by atoms with Crippen molar-refractivity contribution in [2.75, 3.05) is 19.8 Å². The fourth-order valence-electron chi connectivity index (χ4n) is 5.52. The van der Waals surface area contributed by atoms with E-state index in [2.05, 4.69) is 65.0 Å². The molecule has 0 aliphatic rings. The van der Waals surface area contributed by atoms with Crippen LogP contribution in [0.25, 0.3) is 11.0 Å². The molecule has 0 saturated carbocycles. The van der Waals surface area contributed by atoms with Gasteiger partial charge in [-0.1, -0.05) is 88.9 Å². The quantitative estimate of drug-likeness (QED) is 0.164. The van der Waals surface area contributed by atoms with Gasteiger partial charge in [-0.15, -0.1) is 0 Å². The number of ether oxygens (including phenoxy) is 2. The molecular formula is C33H47NO4. The topological polar surface area (TPSA) is 74.7 Å². The van der Waals surface area contributed by atoms with E-state index in [0.29, 0.717) is 24.5 Å². The number of hydrogen-bond donors (Lipinski definition) is 1. The average molecular weight is 522 g/mol. The molecule has 0 aliphatic carbocycles. The fraction of sp³-hybridized carbons (Fsp3) is 0.545. The van der Waals surface area contributed by atoms with Crippen molar-refractivity contribution < 1.29 is 13.9 Å². The van der Waals surface area contributed by atoms with E-state index in [1.807, 2.05) is 18.2 Å². The molecule has 208 valence electrons. The van der Waals surface area contributed by atoms with E-state index >= 15 is 0 Å². The van der Waals surface area contributed by atoms with Gasteiger partial charge in [-0.25, -0.2) is 4.79 Å². The first-order chi connectivity index (χ1) is 18.1. The fourth-order valence-corrected chi connectivity index (χ4v) is 5.52. The second kappa shape index (κ2) is 13.4. The zero-order chi connectivity index (χ0) is 27.7. The van der Waals surface area contributed by atoms with Crippen molar-refractivity contribution in [3.05, 3.63) is 76.6 Å². The molecule has 0 fully saturated rings. The number of benzene rings is 2. The van der Waals surface area contributed by atoms with Crippen LogP contribution in [-0.2, 0) is 10.2 Å². The van der Waals surface area contributed by atoms with Crippen LogP contribution in [0.4, 0.5) is 0 Å². The summed E-state index contributed by atoms with van der Waals surface area (Å²) in [5.74, 6) is 0.604. The first-order valence-corrected chi connectivity index (χ1v) is 14.1. The predicted molar refractivity (Wildman–Crippen MR) is 157 cm³/mol. The minimum Gasteiger partial charge on any atom is -0.493 e. The van der Waals surface area contributed by atoms with Gasteiger partial charge in [0.2, 0.25) is 0 Å². The highest BCUT2D eigenvalue weighted by Crippen LogP contribution is 2.45. The van der Waals surface area contributed by atoms with E-state index in [1.165, 1.54) is 18.1 Å². The van der Waals surface area contributed by atoms with Gasteiger partial charge >= 0.3 is 5.63 Å². The summed E-state index contributed by atoms with van der Waals surface area (Å²) >= 11 is 0. The molecule has 0 amide bonds. The lowest BCUT2D eigenvalue weighted by Gasteiger charge is -2.49. The maximum absolute atomic E-state index is 11.8. The van der Waals surface area contributed by atoms with E-state index < -0.39 is 0 Å². The van der Waals surface area contributed by atoms with Crippen molar-refractivity contribution in [1.29, 1.82) is 0 Å². The molecule has 5 heteroatoms. The van der Waals surface area contributed by atoms with Gasteiger partial charge in [0.1, 0.15) is 11.3 Å². The molecule has 0 radical (unpaired) electrons. The van der Waals surface area contributed by atoms with Gasteiger partial charge in [0.15, 0.2) is 0 Å². The SMILES string of the molecule is CC(C)(C)CC(CN)(c1ccccc1)C(C)(C)OCCCCCCCCOc1cc(=O)oc2ccccc12. The molecule has 1 heterocycles. The Morgan fingerprint density at radius 2 is 1.39 bits per heavy atom. The lowest BCUT2D eigenvalue weighted by Crippen LogP contribution is -2.56. The monoisotopic (exact) mass is 521 g/mol. The molecular weight excluding hydrogens is 474 g/mol. The molecule has 1 aromatic heterocycles. The highest BCUT2D eigenvalue weighted by atomic mass is 16.5. The Labute approximate surface area is 228 Å². The largest absolute Gasteiger partial charge is 0.493 e. The first-order valence-electron chi connectivity index (χ1n) is 14.1. The van der Waals surface area contributed by atoms with Crippen molar-refractivity contribution in [2.45, 2.75) is 90.6 Å². The Morgan fingerprint density at radius 1 is 0.789 bits per heavy atom. The Hall–Kier alpha value is -2.63. The van der Waals surface area contributed by atoms with E-state index in [4.69, 9.17) is 19.6 Å². The van der Waals surface area contributed by atoms with Gasteiger partial charge in [-0.05, 0) is 56.2 Å². The van der Waals surface area contributed by atoms with Gasteiger partial charge in [-0.2, -0.15) is 0 Å². The predicted octanol–water partition coefficient (Wildman–Crippen LogP) is 7.64. The molecule has 0 spiro atoms. The maximum atomic E-state index is 11.8. The van der Waals surface area contributed by atoms with Crippen LogP contribution in [0.15, 0.2) is 69.9 Å². The van der Waals surface area contributed by atoms with Crippen LogP contribution in [0.2, 0.25) is 0 Å². The van der Waals surface area contributed by atoms with Gasteiger partial charge in [0.25, 0.3) is 0 Å². The molecule has 0 bridgehead atoms. The van der Waals surface area contributed by atoms with Crippen LogP contribution in [0.5, 0.6) is 5.75 Å². The number of para-hydroxylation sites is 1. The summed E-state index contributed by atoms with van der Waals surface area (Å²) in [5, 5.41) is 0.837. The van der Waals surface area contributed by atoms with Crippen LogP contribution in [0.3, 0.4) is 0 Å². The maximum Gasteiger partial charge on any atom is 0.339 e. The lowest BCUT2D eigenvalue weighted by molar-refractivity contribution is -0.0868. The molecule has 3 aromatic rings. The first kappa shape index (κ1) is 29.9. The number of rotatable bonds is 15. The molecule has 5 nitrogen and oxygen atoms in total. The van der Waals surface area contributed by atoms with E-state index in [9.17, 15) is 4.79 Å². The average Bonchev–Trinajstić information content (AvgIpc) is 2.88. The summed E-state index contributed by atoms with van der Waals surface area (Å²) in [6.07, 6.45) is 7.52. The van der Waals surface area contributed by atoms with E-state index in [0.717, 1.165) is 50.5 Å². The minimum absolute atomic E-state index is 0.125. The van der Waals surface area contributed by atoms with Crippen LogP contribution in [0.1, 0.15) is 85.1 Å².